The number of carbonyl (C=O) groups is 1. The summed E-state index contributed by atoms with van der Waals surface area (Å²) in [6, 6.07) is 6.35. The first-order valence-corrected chi connectivity index (χ1v) is 7.97. The van der Waals surface area contributed by atoms with Gasteiger partial charge in [-0.3, -0.25) is 4.79 Å². The zero-order valence-electron chi connectivity index (χ0n) is 12.4. The number of carbonyl (C=O) groups excluding carboxylic acids is 1. The van der Waals surface area contributed by atoms with Crippen molar-refractivity contribution in [1.29, 1.82) is 0 Å². The standard InChI is InChI=1S/C15H19Cl2FN2O2/c1-15(16,17)14(21)19-10-13(20-6-8-22-9-7-20)11-2-4-12(18)5-3-11/h2-5,13H,6-10H2,1H3,(H,19,21)/p+1/t13-/m1/s1. The predicted octanol–water partition coefficient (Wildman–Crippen LogP) is 1.09. The van der Waals surface area contributed by atoms with E-state index in [1.165, 1.54) is 24.0 Å². The molecule has 1 fully saturated rings. The van der Waals surface area contributed by atoms with E-state index in [1.54, 1.807) is 12.1 Å². The van der Waals surface area contributed by atoms with Gasteiger partial charge in [0.05, 0.1) is 19.8 Å². The molecule has 0 bridgehead atoms. The highest BCUT2D eigenvalue weighted by atomic mass is 35.5. The predicted molar refractivity (Wildman–Crippen MR) is 83.8 cm³/mol. The zero-order valence-corrected chi connectivity index (χ0v) is 13.9. The summed E-state index contributed by atoms with van der Waals surface area (Å²) in [6.45, 7) is 4.82. The first-order chi connectivity index (χ1) is 10.4. The molecule has 2 rings (SSSR count). The molecule has 0 saturated carbocycles. The van der Waals surface area contributed by atoms with Gasteiger partial charge in [0, 0.05) is 5.56 Å². The van der Waals surface area contributed by atoms with Crippen LogP contribution in [0.1, 0.15) is 18.5 Å². The normalized spacial score (nSPS) is 18.0. The lowest BCUT2D eigenvalue weighted by Crippen LogP contribution is -3.15. The summed E-state index contributed by atoms with van der Waals surface area (Å²) >= 11 is 11.6. The average molecular weight is 350 g/mol. The largest absolute Gasteiger partial charge is 0.370 e. The van der Waals surface area contributed by atoms with E-state index in [1.807, 2.05) is 0 Å². The van der Waals surface area contributed by atoms with Crippen LogP contribution >= 0.6 is 23.2 Å². The molecule has 1 heterocycles. The smallest absolute Gasteiger partial charge is 0.256 e. The van der Waals surface area contributed by atoms with Gasteiger partial charge in [0.25, 0.3) is 5.91 Å². The number of morpholine rings is 1. The summed E-state index contributed by atoms with van der Waals surface area (Å²) in [4.78, 5) is 13.1. The minimum absolute atomic E-state index is 0.00383. The van der Waals surface area contributed by atoms with Crippen molar-refractivity contribution in [3.05, 3.63) is 35.6 Å². The maximum Gasteiger partial charge on any atom is 0.256 e. The number of alkyl halides is 2. The Morgan fingerprint density at radius 3 is 2.50 bits per heavy atom. The third-order valence-electron chi connectivity index (χ3n) is 3.77. The highest BCUT2D eigenvalue weighted by molar-refractivity contribution is 6.57. The molecule has 1 aliphatic heterocycles. The molecule has 0 radical (unpaired) electrons. The SMILES string of the molecule is CC(Cl)(Cl)C(=O)NC[C@H](c1ccc(F)cc1)[NH+]1CCOCC1. The summed E-state index contributed by atoms with van der Waals surface area (Å²) in [5.41, 5.74) is 0.962. The molecule has 0 spiro atoms. The number of quaternary nitrogens is 1. The first kappa shape index (κ1) is 17.5. The Labute approximate surface area is 139 Å². The number of hydrogen-bond donors (Lipinski definition) is 2. The van der Waals surface area contributed by atoms with Gasteiger partial charge >= 0.3 is 0 Å². The van der Waals surface area contributed by atoms with Crippen molar-refractivity contribution in [2.24, 2.45) is 0 Å². The topological polar surface area (TPSA) is 42.8 Å². The molecule has 1 amide bonds. The molecule has 1 atom stereocenters. The Hall–Kier alpha value is -0.880. The second kappa shape index (κ2) is 7.59. The fourth-order valence-electron chi connectivity index (χ4n) is 2.52. The minimum Gasteiger partial charge on any atom is -0.370 e. The lowest BCUT2D eigenvalue weighted by molar-refractivity contribution is -0.937. The van der Waals surface area contributed by atoms with Crippen LogP contribution in [0.15, 0.2) is 24.3 Å². The van der Waals surface area contributed by atoms with Crippen LogP contribution in [0.5, 0.6) is 0 Å². The Bertz CT molecular complexity index is 499. The lowest BCUT2D eigenvalue weighted by Gasteiger charge is -2.32. The zero-order chi connectivity index (χ0) is 16.2. The molecule has 2 N–H and O–H groups in total. The van der Waals surface area contributed by atoms with Crippen molar-refractivity contribution in [3.8, 4) is 0 Å². The van der Waals surface area contributed by atoms with Gasteiger partial charge in [0.1, 0.15) is 24.9 Å². The molecule has 0 aromatic heterocycles. The first-order valence-electron chi connectivity index (χ1n) is 7.22. The van der Waals surface area contributed by atoms with Crippen LogP contribution < -0.4 is 10.2 Å². The van der Waals surface area contributed by atoms with Crippen molar-refractivity contribution < 1.29 is 18.8 Å². The van der Waals surface area contributed by atoms with E-state index in [-0.39, 0.29) is 11.9 Å². The van der Waals surface area contributed by atoms with Crippen molar-refractivity contribution in [2.75, 3.05) is 32.8 Å². The number of halogens is 3. The van der Waals surface area contributed by atoms with Crippen LogP contribution in [-0.4, -0.2) is 43.1 Å². The van der Waals surface area contributed by atoms with Crippen LogP contribution in [0.2, 0.25) is 0 Å². The van der Waals surface area contributed by atoms with E-state index >= 15 is 0 Å². The molecule has 1 aliphatic rings. The summed E-state index contributed by atoms with van der Waals surface area (Å²) in [5.74, 6) is -0.715. The van der Waals surface area contributed by atoms with E-state index < -0.39 is 10.2 Å². The molecule has 7 heteroatoms. The van der Waals surface area contributed by atoms with Crippen molar-refractivity contribution in [1.82, 2.24) is 5.32 Å². The van der Waals surface area contributed by atoms with Crippen LogP contribution in [0.3, 0.4) is 0 Å². The third-order valence-corrected chi connectivity index (χ3v) is 4.11. The van der Waals surface area contributed by atoms with E-state index in [9.17, 15) is 9.18 Å². The van der Waals surface area contributed by atoms with Crippen molar-refractivity contribution in [3.63, 3.8) is 0 Å². The van der Waals surface area contributed by atoms with Gasteiger partial charge in [0.15, 0.2) is 4.33 Å². The van der Waals surface area contributed by atoms with Gasteiger partial charge in [-0.25, -0.2) is 4.39 Å². The van der Waals surface area contributed by atoms with Crippen molar-refractivity contribution >= 4 is 29.1 Å². The molecule has 1 aromatic rings. The lowest BCUT2D eigenvalue weighted by atomic mass is 10.0. The molecule has 22 heavy (non-hydrogen) atoms. The molecule has 0 aliphatic carbocycles. The van der Waals surface area contributed by atoms with Gasteiger partial charge in [0.2, 0.25) is 0 Å². The van der Waals surface area contributed by atoms with E-state index in [0.29, 0.717) is 19.8 Å². The number of amides is 1. The van der Waals surface area contributed by atoms with Gasteiger partial charge in [-0.1, -0.05) is 35.3 Å². The van der Waals surface area contributed by atoms with Crippen LogP contribution in [0.25, 0.3) is 0 Å². The number of nitrogens with one attached hydrogen (secondary N) is 2. The maximum atomic E-state index is 13.1. The monoisotopic (exact) mass is 349 g/mol. The second-order valence-electron chi connectivity index (χ2n) is 5.47. The molecular formula is C15H20Cl2FN2O2+. The Kier molecular flexibility index (Phi) is 6.03. The van der Waals surface area contributed by atoms with Gasteiger partial charge in [-0.05, 0) is 19.1 Å². The Morgan fingerprint density at radius 1 is 1.36 bits per heavy atom. The fraction of sp³-hybridized carbons (Fsp3) is 0.533. The number of ether oxygens (including phenoxy) is 1. The minimum atomic E-state index is -1.46. The van der Waals surface area contributed by atoms with Crippen LogP contribution in [0.4, 0.5) is 4.39 Å². The Balaban J connectivity index is 2.11. The van der Waals surface area contributed by atoms with E-state index in [0.717, 1.165) is 18.7 Å². The summed E-state index contributed by atoms with van der Waals surface area (Å²) in [7, 11) is 0. The second-order valence-corrected chi connectivity index (χ2v) is 7.18. The highest BCUT2D eigenvalue weighted by Gasteiger charge is 2.31. The number of hydrogen-bond acceptors (Lipinski definition) is 2. The molecule has 1 saturated heterocycles. The van der Waals surface area contributed by atoms with Gasteiger partial charge < -0.3 is 15.0 Å². The van der Waals surface area contributed by atoms with Crippen molar-refractivity contribution in [2.45, 2.75) is 17.3 Å². The number of rotatable bonds is 5. The van der Waals surface area contributed by atoms with Crippen LogP contribution in [0, 0.1) is 5.82 Å². The summed E-state index contributed by atoms with van der Waals surface area (Å²) < 4.78 is 17.0. The molecule has 122 valence electrons. The van der Waals surface area contributed by atoms with E-state index in [2.05, 4.69) is 5.32 Å². The molecular weight excluding hydrogens is 330 g/mol. The fourth-order valence-corrected chi connectivity index (χ4v) is 2.66. The quantitative estimate of drug-likeness (QED) is 0.781. The van der Waals surface area contributed by atoms with Gasteiger partial charge in [-0.2, -0.15) is 0 Å². The highest BCUT2D eigenvalue weighted by Crippen LogP contribution is 2.19. The average Bonchev–Trinajstić information content (AvgIpc) is 2.49. The summed E-state index contributed by atoms with van der Waals surface area (Å²) in [5, 5.41) is 2.77. The van der Waals surface area contributed by atoms with Crippen LogP contribution in [-0.2, 0) is 9.53 Å². The van der Waals surface area contributed by atoms with E-state index in [4.69, 9.17) is 27.9 Å². The summed E-state index contributed by atoms with van der Waals surface area (Å²) in [6.07, 6.45) is 0. The Morgan fingerprint density at radius 2 is 1.95 bits per heavy atom. The number of benzene rings is 1. The molecule has 1 aromatic carbocycles. The molecule has 4 nitrogen and oxygen atoms in total. The maximum absolute atomic E-state index is 13.1. The molecule has 0 unspecified atom stereocenters. The van der Waals surface area contributed by atoms with Gasteiger partial charge in [-0.15, -0.1) is 0 Å². The third kappa shape index (κ3) is 4.81.